The number of carbonyl (C=O) groups excluding carboxylic acids is 1. The Morgan fingerprint density at radius 1 is 0.963 bits per heavy atom. The van der Waals surface area contributed by atoms with Crippen LogP contribution in [0.1, 0.15) is 43.1 Å². The highest BCUT2D eigenvalue weighted by molar-refractivity contribution is 5.95. The van der Waals surface area contributed by atoms with E-state index in [9.17, 15) is 4.79 Å². The first-order valence-corrected chi connectivity index (χ1v) is 9.13. The topological polar surface area (TPSA) is 69.2 Å². The van der Waals surface area contributed by atoms with Crippen LogP contribution in [0, 0.1) is 0 Å². The lowest BCUT2D eigenvalue weighted by atomic mass is 10.2. The van der Waals surface area contributed by atoms with Crippen molar-refractivity contribution in [3.63, 3.8) is 0 Å². The zero-order valence-electron chi connectivity index (χ0n) is 16.0. The second-order valence-corrected chi connectivity index (χ2v) is 5.64. The number of nitrogens with zero attached hydrogens (tertiary/aromatic N) is 1. The van der Waals surface area contributed by atoms with Crippen molar-refractivity contribution in [2.45, 2.75) is 27.2 Å². The highest BCUT2D eigenvalue weighted by Gasteiger charge is 2.07. The lowest BCUT2D eigenvalue weighted by Gasteiger charge is -2.11. The minimum absolute atomic E-state index is 0.290. The van der Waals surface area contributed by atoms with E-state index in [1.165, 1.54) is 0 Å². The minimum atomic E-state index is -0.290. The number of nitrogens with one attached hydrogen (secondary N) is 1. The standard InChI is InChI=1S/C21H26N2O4/c1-4-13-27-19-12-7-16(14-20(19)26-6-3)15-22-23-21(24)17-8-10-18(11-9-17)25-5-2/h7-12,14-15H,4-6,13H2,1-3H3,(H,23,24)/b22-15-. The lowest BCUT2D eigenvalue weighted by molar-refractivity contribution is 0.0955. The predicted octanol–water partition coefficient (Wildman–Crippen LogP) is 4.04. The van der Waals surface area contributed by atoms with Crippen LogP contribution in [-0.2, 0) is 0 Å². The SMILES string of the molecule is CCCOc1ccc(/C=N\NC(=O)c2ccc(OCC)cc2)cc1OCC. The van der Waals surface area contributed by atoms with Gasteiger partial charge in [0, 0.05) is 5.56 Å². The maximum absolute atomic E-state index is 12.1. The third-order valence-corrected chi connectivity index (χ3v) is 3.54. The van der Waals surface area contributed by atoms with Crippen molar-refractivity contribution in [1.82, 2.24) is 5.43 Å². The molecule has 0 aromatic heterocycles. The van der Waals surface area contributed by atoms with Gasteiger partial charge in [-0.15, -0.1) is 0 Å². The van der Waals surface area contributed by atoms with E-state index in [2.05, 4.69) is 17.5 Å². The minimum Gasteiger partial charge on any atom is -0.494 e. The van der Waals surface area contributed by atoms with Crippen LogP contribution in [0.4, 0.5) is 0 Å². The van der Waals surface area contributed by atoms with Crippen molar-refractivity contribution in [2.75, 3.05) is 19.8 Å². The van der Waals surface area contributed by atoms with Gasteiger partial charge in [-0.2, -0.15) is 5.10 Å². The molecule has 0 aliphatic carbocycles. The average molecular weight is 370 g/mol. The number of benzene rings is 2. The Kier molecular flexibility index (Phi) is 8.16. The Balaban J connectivity index is 1.99. The summed E-state index contributed by atoms with van der Waals surface area (Å²) in [6.45, 7) is 7.63. The van der Waals surface area contributed by atoms with Crippen LogP contribution in [0.2, 0.25) is 0 Å². The highest BCUT2D eigenvalue weighted by atomic mass is 16.5. The monoisotopic (exact) mass is 370 g/mol. The lowest BCUT2D eigenvalue weighted by Crippen LogP contribution is -2.17. The van der Waals surface area contributed by atoms with Gasteiger partial charge in [0.1, 0.15) is 5.75 Å². The molecule has 6 heteroatoms. The Bertz CT molecular complexity index is 757. The van der Waals surface area contributed by atoms with Crippen LogP contribution in [-0.4, -0.2) is 31.9 Å². The van der Waals surface area contributed by atoms with Crippen LogP contribution < -0.4 is 19.6 Å². The maximum atomic E-state index is 12.1. The molecule has 2 aromatic rings. The summed E-state index contributed by atoms with van der Waals surface area (Å²) in [5.74, 6) is 1.80. The van der Waals surface area contributed by atoms with E-state index < -0.39 is 0 Å². The molecule has 0 atom stereocenters. The van der Waals surface area contributed by atoms with Crippen molar-refractivity contribution < 1.29 is 19.0 Å². The molecule has 0 saturated carbocycles. The first kappa shape index (κ1) is 20.3. The fraction of sp³-hybridized carbons (Fsp3) is 0.333. The van der Waals surface area contributed by atoms with Gasteiger partial charge >= 0.3 is 0 Å². The molecule has 0 unspecified atom stereocenters. The first-order valence-electron chi connectivity index (χ1n) is 9.13. The van der Waals surface area contributed by atoms with Gasteiger partial charge in [0.25, 0.3) is 5.91 Å². The summed E-state index contributed by atoms with van der Waals surface area (Å²) in [6, 6.07) is 12.4. The van der Waals surface area contributed by atoms with Gasteiger partial charge in [-0.3, -0.25) is 4.79 Å². The van der Waals surface area contributed by atoms with E-state index in [-0.39, 0.29) is 5.91 Å². The van der Waals surface area contributed by atoms with Gasteiger partial charge in [-0.25, -0.2) is 5.43 Å². The van der Waals surface area contributed by atoms with E-state index in [0.29, 0.717) is 36.9 Å². The zero-order chi connectivity index (χ0) is 19.5. The molecular formula is C21H26N2O4. The summed E-state index contributed by atoms with van der Waals surface area (Å²) >= 11 is 0. The molecule has 0 heterocycles. The molecule has 144 valence electrons. The molecule has 1 N–H and O–H groups in total. The summed E-state index contributed by atoms with van der Waals surface area (Å²) in [7, 11) is 0. The first-order chi connectivity index (χ1) is 13.2. The fourth-order valence-corrected chi connectivity index (χ4v) is 2.30. The zero-order valence-corrected chi connectivity index (χ0v) is 16.0. The van der Waals surface area contributed by atoms with E-state index in [1.54, 1.807) is 30.5 Å². The van der Waals surface area contributed by atoms with Crippen LogP contribution in [0.25, 0.3) is 0 Å². The summed E-state index contributed by atoms with van der Waals surface area (Å²) < 4.78 is 16.6. The van der Waals surface area contributed by atoms with Gasteiger partial charge < -0.3 is 14.2 Å². The van der Waals surface area contributed by atoms with Gasteiger partial charge in [0.2, 0.25) is 0 Å². The molecular weight excluding hydrogens is 344 g/mol. The Labute approximate surface area is 160 Å². The molecule has 0 aliphatic heterocycles. The van der Waals surface area contributed by atoms with Crippen molar-refractivity contribution in [1.29, 1.82) is 0 Å². The summed E-state index contributed by atoms with van der Waals surface area (Å²) in [5.41, 5.74) is 3.83. The number of hydrazone groups is 1. The number of hydrogen-bond donors (Lipinski definition) is 1. The number of carbonyl (C=O) groups is 1. The van der Waals surface area contributed by atoms with Gasteiger partial charge in [-0.1, -0.05) is 6.92 Å². The molecule has 0 saturated heterocycles. The molecule has 0 aliphatic rings. The number of rotatable bonds is 10. The molecule has 6 nitrogen and oxygen atoms in total. The quantitative estimate of drug-likeness (QED) is 0.506. The third-order valence-electron chi connectivity index (χ3n) is 3.54. The summed E-state index contributed by atoms with van der Waals surface area (Å²) in [5, 5.41) is 4.02. The Morgan fingerprint density at radius 2 is 1.70 bits per heavy atom. The largest absolute Gasteiger partial charge is 0.494 e. The van der Waals surface area contributed by atoms with Crippen LogP contribution in [0.15, 0.2) is 47.6 Å². The molecule has 27 heavy (non-hydrogen) atoms. The predicted molar refractivity (Wildman–Crippen MR) is 106 cm³/mol. The Morgan fingerprint density at radius 3 is 2.37 bits per heavy atom. The molecule has 1 amide bonds. The van der Waals surface area contributed by atoms with Crippen molar-refractivity contribution >= 4 is 12.1 Å². The molecule has 0 spiro atoms. The number of ether oxygens (including phenoxy) is 3. The molecule has 0 bridgehead atoms. The van der Waals surface area contributed by atoms with Gasteiger partial charge in [0.05, 0.1) is 26.0 Å². The third kappa shape index (κ3) is 6.33. The second-order valence-electron chi connectivity index (χ2n) is 5.64. The second kappa shape index (κ2) is 10.9. The number of hydrogen-bond acceptors (Lipinski definition) is 5. The fourth-order valence-electron chi connectivity index (χ4n) is 2.30. The van der Waals surface area contributed by atoms with Crippen LogP contribution in [0.5, 0.6) is 17.2 Å². The summed E-state index contributed by atoms with van der Waals surface area (Å²) in [4.78, 5) is 12.1. The van der Waals surface area contributed by atoms with Crippen molar-refractivity contribution in [2.24, 2.45) is 5.10 Å². The van der Waals surface area contributed by atoms with Gasteiger partial charge in [-0.05, 0) is 68.3 Å². The van der Waals surface area contributed by atoms with E-state index in [0.717, 1.165) is 17.7 Å². The molecule has 0 radical (unpaired) electrons. The van der Waals surface area contributed by atoms with E-state index >= 15 is 0 Å². The van der Waals surface area contributed by atoms with Crippen molar-refractivity contribution in [3.8, 4) is 17.2 Å². The maximum Gasteiger partial charge on any atom is 0.271 e. The number of amides is 1. The molecule has 2 aromatic carbocycles. The summed E-state index contributed by atoms with van der Waals surface area (Å²) in [6.07, 6.45) is 2.49. The van der Waals surface area contributed by atoms with E-state index in [1.807, 2.05) is 32.0 Å². The normalized spacial score (nSPS) is 10.6. The molecule has 0 fully saturated rings. The van der Waals surface area contributed by atoms with Crippen molar-refractivity contribution in [3.05, 3.63) is 53.6 Å². The highest BCUT2D eigenvalue weighted by Crippen LogP contribution is 2.28. The Hall–Kier alpha value is -3.02. The van der Waals surface area contributed by atoms with Crippen LogP contribution >= 0.6 is 0 Å². The smallest absolute Gasteiger partial charge is 0.271 e. The average Bonchev–Trinajstić information content (AvgIpc) is 2.68. The van der Waals surface area contributed by atoms with E-state index in [4.69, 9.17) is 14.2 Å². The van der Waals surface area contributed by atoms with Crippen LogP contribution in [0.3, 0.4) is 0 Å². The molecule has 2 rings (SSSR count). The van der Waals surface area contributed by atoms with Gasteiger partial charge in [0.15, 0.2) is 11.5 Å².